The highest BCUT2D eigenvalue weighted by Gasteiger charge is 2.33. The third-order valence-corrected chi connectivity index (χ3v) is 5.12. The van der Waals surface area contributed by atoms with E-state index < -0.39 is 10.0 Å². The molecule has 0 radical (unpaired) electrons. The second kappa shape index (κ2) is 4.80. The smallest absolute Gasteiger partial charge is 0.245 e. The van der Waals surface area contributed by atoms with Crippen molar-refractivity contribution in [2.24, 2.45) is 0 Å². The molecular formula is C13H11N5O2S. The van der Waals surface area contributed by atoms with Gasteiger partial charge in [-0.1, -0.05) is 12.1 Å². The Kier molecular flexibility index (Phi) is 3.08. The number of nitrogens with two attached hydrogens (primary N) is 1. The standard InChI is InChI=1S/C13H11N5O2S/c14-5-9-3-1-2-4-12(9)21(19,20)18-7-10-6-16-13(15)17-11(10)8-18/h1-4,6H,7-8H2,(H2,15,16,17). The average molecular weight is 301 g/mol. The van der Waals surface area contributed by atoms with Gasteiger partial charge in [0.05, 0.1) is 22.7 Å². The van der Waals surface area contributed by atoms with E-state index in [1.54, 1.807) is 12.1 Å². The number of aromatic nitrogens is 2. The van der Waals surface area contributed by atoms with Gasteiger partial charge in [-0.3, -0.25) is 0 Å². The Morgan fingerprint density at radius 2 is 2.05 bits per heavy atom. The van der Waals surface area contributed by atoms with Crippen LogP contribution in [0, 0.1) is 11.3 Å². The fourth-order valence-corrected chi connectivity index (χ4v) is 3.75. The molecule has 0 unspecified atom stereocenters. The first-order valence-corrected chi connectivity index (χ1v) is 7.56. The summed E-state index contributed by atoms with van der Waals surface area (Å²) in [6, 6.07) is 8.03. The monoisotopic (exact) mass is 301 g/mol. The van der Waals surface area contributed by atoms with Crippen molar-refractivity contribution in [2.45, 2.75) is 18.0 Å². The quantitative estimate of drug-likeness (QED) is 0.870. The Morgan fingerprint density at radius 3 is 2.81 bits per heavy atom. The lowest BCUT2D eigenvalue weighted by Crippen LogP contribution is -2.26. The van der Waals surface area contributed by atoms with Crippen molar-refractivity contribution in [1.29, 1.82) is 5.26 Å². The molecule has 1 aromatic heterocycles. The Bertz CT molecular complexity index is 857. The van der Waals surface area contributed by atoms with E-state index >= 15 is 0 Å². The maximum absolute atomic E-state index is 12.7. The van der Waals surface area contributed by atoms with E-state index in [1.165, 1.54) is 22.6 Å². The molecule has 7 nitrogen and oxygen atoms in total. The number of nitrogen functional groups attached to an aromatic ring is 1. The number of fused-ring (bicyclic) bond motifs is 1. The molecule has 0 bridgehead atoms. The van der Waals surface area contributed by atoms with Crippen LogP contribution in [0.2, 0.25) is 0 Å². The Hall–Kier alpha value is -2.50. The topological polar surface area (TPSA) is 113 Å². The Labute approximate surface area is 121 Å². The van der Waals surface area contributed by atoms with Crippen LogP contribution in [-0.2, 0) is 23.1 Å². The zero-order valence-electron chi connectivity index (χ0n) is 10.9. The van der Waals surface area contributed by atoms with Gasteiger partial charge in [0, 0.05) is 18.3 Å². The Morgan fingerprint density at radius 1 is 1.29 bits per heavy atom. The van der Waals surface area contributed by atoms with Crippen molar-refractivity contribution in [3.63, 3.8) is 0 Å². The largest absolute Gasteiger partial charge is 0.368 e. The minimum Gasteiger partial charge on any atom is -0.368 e. The van der Waals surface area contributed by atoms with Crippen molar-refractivity contribution in [3.8, 4) is 6.07 Å². The maximum Gasteiger partial charge on any atom is 0.245 e. The molecule has 0 saturated heterocycles. The van der Waals surface area contributed by atoms with Gasteiger partial charge in [-0.25, -0.2) is 18.4 Å². The SMILES string of the molecule is N#Cc1ccccc1S(=O)(=O)N1Cc2cnc(N)nc2C1. The highest BCUT2D eigenvalue weighted by atomic mass is 32.2. The third kappa shape index (κ3) is 2.22. The highest BCUT2D eigenvalue weighted by Crippen LogP contribution is 2.28. The van der Waals surface area contributed by atoms with Crippen LogP contribution < -0.4 is 5.73 Å². The van der Waals surface area contributed by atoms with Gasteiger partial charge < -0.3 is 5.73 Å². The predicted molar refractivity (Wildman–Crippen MR) is 74.0 cm³/mol. The maximum atomic E-state index is 12.7. The van der Waals surface area contributed by atoms with Crippen LogP contribution in [-0.4, -0.2) is 22.7 Å². The number of hydrogen-bond acceptors (Lipinski definition) is 6. The number of sulfonamides is 1. The molecule has 3 rings (SSSR count). The first-order chi connectivity index (χ1) is 10.0. The molecule has 2 aromatic rings. The summed E-state index contributed by atoms with van der Waals surface area (Å²) in [7, 11) is -3.76. The first-order valence-electron chi connectivity index (χ1n) is 6.12. The summed E-state index contributed by atoms with van der Waals surface area (Å²) in [4.78, 5) is 7.92. The van der Waals surface area contributed by atoms with Gasteiger partial charge in [-0.15, -0.1) is 0 Å². The summed E-state index contributed by atoms with van der Waals surface area (Å²) < 4.78 is 26.6. The van der Waals surface area contributed by atoms with Gasteiger partial charge in [-0.05, 0) is 12.1 Å². The lowest BCUT2D eigenvalue weighted by atomic mass is 10.2. The molecular weight excluding hydrogens is 290 g/mol. The molecule has 106 valence electrons. The van der Waals surface area contributed by atoms with Gasteiger partial charge in [0.1, 0.15) is 6.07 Å². The second-order valence-corrected chi connectivity index (χ2v) is 6.49. The molecule has 0 atom stereocenters. The summed E-state index contributed by atoms with van der Waals surface area (Å²) in [5.41, 5.74) is 6.95. The minimum atomic E-state index is -3.76. The van der Waals surface area contributed by atoms with Gasteiger partial charge in [0.2, 0.25) is 16.0 Å². The van der Waals surface area contributed by atoms with Crippen LogP contribution in [0.1, 0.15) is 16.8 Å². The summed E-state index contributed by atoms with van der Waals surface area (Å²) in [5.74, 6) is 0.116. The Balaban J connectivity index is 2.01. The molecule has 1 aliphatic heterocycles. The molecule has 0 aliphatic carbocycles. The van der Waals surface area contributed by atoms with Crippen LogP contribution in [0.15, 0.2) is 35.4 Å². The van der Waals surface area contributed by atoms with Crippen molar-refractivity contribution in [1.82, 2.24) is 14.3 Å². The first kappa shape index (κ1) is 13.5. The molecule has 0 saturated carbocycles. The fourth-order valence-electron chi connectivity index (χ4n) is 2.23. The van der Waals surface area contributed by atoms with Crippen LogP contribution in [0.3, 0.4) is 0 Å². The minimum absolute atomic E-state index is 0.00115. The third-order valence-electron chi connectivity index (χ3n) is 3.27. The van der Waals surface area contributed by atoms with Crippen molar-refractivity contribution < 1.29 is 8.42 Å². The second-order valence-electron chi connectivity index (χ2n) is 4.58. The molecule has 2 heterocycles. The molecule has 8 heteroatoms. The van der Waals surface area contributed by atoms with E-state index in [4.69, 9.17) is 11.0 Å². The van der Waals surface area contributed by atoms with Gasteiger partial charge in [0.15, 0.2) is 0 Å². The van der Waals surface area contributed by atoms with Gasteiger partial charge in [0.25, 0.3) is 0 Å². The number of benzene rings is 1. The molecule has 0 fully saturated rings. The zero-order valence-corrected chi connectivity index (χ0v) is 11.7. The molecule has 21 heavy (non-hydrogen) atoms. The van der Waals surface area contributed by atoms with Crippen molar-refractivity contribution >= 4 is 16.0 Å². The van der Waals surface area contributed by atoms with Gasteiger partial charge in [-0.2, -0.15) is 9.57 Å². The van der Waals surface area contributed by atoms with E-state index in [-0.39, 0.29) is 29.5 Å². The van der Waals surface area contributed by atoms with Crippen LogP contribution >= 0.6 is 0 Å². The molecule has 0 spiro atoms. The summed E-state index contributed by atoms with van der Waals surface area (Å²) >= 11 is 0. The number of hydrogen-bond donors (Lipinski definition) is 1. The normalized spacial score (nSPS) is 14.6. The van der Waals surface area contributed by atoms with E-state index in [0.29, 0.717) is 5.69 Å². The fraction of sp³-hybridized carbons (Fsp3) is 0.154. The van der Waals surface area contributed by atoms with Gasteiger partial charge >= 0.3 is 0 Å². The van der Waals surface area contributed by atoms with E-state index in [9.17, 15) is 8.42 Å². The number of anilines is 1. The number of nitriles is 1. The van der Waals surface area contributed by atoms with Crippen molar-refractivity contribution in [3.05, 3.63) is 47.3 Å². The van der Waals surface area contributed by atoms with E-state index in [1.807, 2.05) is 6.07 Å². The molecule has 1 aromatic carbocycles. The summed E-state index contributed by atoms with van der Waals surface area (Å²) in [5, 5.41) is 9.06. The molecule has 1 aliphatic rings. The number of nitrogens with zero attached hydrogens (tertiary/aromatic N) is 4. The molecule has 0 amide bonds. The predicted octanol–water partition coefficient (Wildman–Crippen LogP) is 0.635. The van der Waals surface area contributed by atoms with Crippen LogP contribution in [0.5, 0.6) is 0 Å². The number of rotatable bonds is 2. The zero-order chi connectivity index (χ0) is 15.0. The highest BCUT2D eigenvalue weighted by molar-refractivity contribution is 7.89. The average Bonchev–Trinajstić information content (AvgIpc) is 2.91. The lowest BCUT2D eigenvalue weighted by Gasteiger charge is -2.16. The summed E-state index contributed by atoms with van der Waals surface area (Å²) in [6.45, 7) is 0.307. The molecule has 2 N–H and O–H groups in total. The van der Waals surface area contributed by atoms with E-state index in [2.05, 4.69) is 9.97 Å². The lowest BCUT2D eigenvalue weighted by molar-refractivity contribution is 0.429. The van der Waals surface area contributed by atoms with Crippen molar-refractivity contribution in [2.75, 3.05) is 5.73 Å². The van der Waals surface area contributed by atoms with Crippen LogP contribution in [0.25, 0.3) is 0 Å². The summed E-state index contributed by atoms with van der Waals surface area (Å²) in [6.07, 6.45) is 1.53. The van der Waals surface area contributed by atoms with Crippen LogP contribution in [0.4, 0.5) is 5.95 Å². The van der Waals surface area contributed by atoms with E-state index in [0.717, 1.165) is 5.56 Å².